The highest BCUT2D eigenvalue weighted by Crippen LogP contribution is 2.12. The minimum Gasteiger partial charge on any atom is -0.455 e. The topological polar surface area (TPSA) is 102 Å². The maximum absolute atomic E-state index is 13.4. The van der Waals surface area contributed by atoms with Crippen LogP contribution in [0.15, 0.2) is 42.0 Å². The van der Waals surface area contributed by atoms with Crippen molar-refractivity contribution in [3.05, 3.63) is 53.6 Å². The summed E-state index contributed by atoms with van der Waals surface area (Å²) in [6.45, 7) is -0.633. The summed E-state index contributed by atoms with van der Waals surface area (Å²) in [4.78, 5) is 40.0. The highest BCUT2D eigenvalue weighted by atomic mass is 32.1. The molecule has 0 atom stereocenters. The van der Waals surface area contributed by atoms with Crippen LogP contribution in [-0.2, 0) is 20.7 Å². The summed E-state index contributed by atoms with van der Waals surface area (Å²) in [5.41, 5.74) is 0.439. The van der Waals surface area contributed by atoms with Crippen LogP contribution in [-0.4, -0.2) is 33.9 Å². The summed E-state index contributed by atoms with van der Waals surface area (Å²) < 4.78 is 20.0. The number of benzene rings is 1. The van der Waals surface area contributed by atoms with Crippen LogP contribution >= 0.6 is 11.3 Å². The molecule has 134 valence electrons. The Labute approximate surface area is 150 Å². The van der Waals surface area contributed by atoms with Gasteiger partial charge < -0.3 is 10.1 Å². The average molecular weight is 376 g/mol. The molecule has 0 radical (unpaired) electrons. The van der Waals surface area contributed by atoms with Crippen molar-refractivity contribution < 1.29 is 23.5 Å². The third-order valence-electron chi connectivity index (χ3n) is 3.21. The molecule has 0 saturated heterocycles. The monoisotopic (exact) mass is 376 g/mol. The lowest BCUT2D eigenvalue weighted by Crippen LogP contribution is -2.37. The van der Waals surface area contributed by atoms with Crippen LogP contribution in [0.5, 0.6) is 0 Å². The number of thiazole rings is 1. The van der Waals surface area contributed by atoms with Gasteiger partial charge in [-0.2, -0.15) is 0 Å². The predicted molar refractivity (Wildman–Crippen MR) is 91.3 cm³/mol. The Bertz CT molecular complexity index is 939. The van der Waals surface area contributed by atoms with Crippen molar-refractivity contribution in [1.82, 2.24) is 14.7 Å². The van der Waals surface area contributed by atoms with E-state index in [1.807, 2.05) is 16.9 Å². The van der Waals surface area contributed by atoms with Crippen molar-refractivity contribution in [3.63, 3.8) is 0 Å². The first kappa shape index (κ1) is 17.5. The number of rotatable bonds is 5. The highest BCUT2D eigenvalue weighted by Gasteiger charge is 2.14. The van der Waals surface area contributed by atoms with Gasteiger partial charge in [-0.15, -0.1) is 11.3 Å². The number of para-hydroxylation sites is 1. The van der Waals surface area contributed by atoms with Gasteiger partial charge in [-0.3, -0.25) is 19.3 Å². The predicted octanol–water partition coefficient (Wildman–Crippen LogP) is 1.97. The average Bonchev–Trinajstić information content (AvgIpc) is 3.16. The Morgan fingerprint density at radius 1 is 1.27 bits per heavy atom. The van der Waals surface area contributed by atoms with Crippen LogP contribution < -0.4 is 10.6 Å². The van der Waals surface area contributed by atoms with Crippen molar-refractivity contribution >= 4 is 39.9 Å². The summed E-state index contributed by atoms with van der Waals surface area (Å²) in [5, 5.41) is 5.99. The van der Waals surface area contributed by atoms with E-state index in [0.717, 1.165) is 4.96 Å². The van der Waals surface area contributed by atoms with Gasteiger partial charge >= 0.3 is 12.0 Å². The van der Waals surface area contributed by atoms with E-state index in [4.69, 9.17) is 4.74 Å². The summed E-state index contributed by atoms with van der Waals surface area (Å²) in [6, 6.07) is 4.58. The lowest BCUT2D eigenvalue weighted by Gasteiger charge is -2.07. The van der Waals surface area contributed by atoms with Crippen molar-refractivity contribution in [2.75, 3.05) is 11.9 Å². The normalized spacial score (nSPS) is 10.5. The first-order valence-electron chi connectivity index (χ1n) is 7.43. The van der Waals surface area contributed by atoms with Gasteiger partial charge in [0, 0.05) is 17.8 Å². The summed E-state index contributed by atoms with van der Waals surface area (Å²) >= 11 is 1.43. The number of nitrogens with zero attached hydrogens (tertiary/aromatic N) is 2. The Hall–Kier alpha value is -3.27. The fourth-order valence-electron chi connectivity index (χ4n) is 2.09. The summed E-state index contributed by atoms with van der Waals surface area (Å²) in [5.74, 6) is -2.13. The molecule has 0 saturated carbocycles. The number of esters is 1. The molecule has 2 heterocycles. The number of urea groups is 1. The number of amides is 3. The first-order valence-corrected chi connectivity index (χ1v) is 8.31. The molecular formula is C16H13FN4O4S. The smallest absolute Gasteiger partial charge is 0.326 e. The van der Waals surface area contributed by atoms with E-state index in [1.54, 1.807) is 10.6 Å². The lowest BCUT2D eigenvalue weighted by atomic mass is 10.3. The number of carbonyl (C=O) groups excluding carboxylic acids is 3. The molecule has 8 nitrogen and oxygen atoms in total. The fourth-order valence-corrected chi connectivity index (χ4v) is 2.80. The number of fused-ring (bicyclic) bond motifs is 1. The van der Waals surface area contributed by atoms with Crippen molar-refractivity contribution in [1.29, 1.82) is 0 Å². The lowest BCUT2D eigenvalue weighted by molar-refractivity contribution is -0.147. The van der Waals surface area contributed by atoms with Crippen LogP contribution in [0.1, 0.15) is 5.69 Å². The van der Waals surface area contributed by atoms with Gasteiger partial charge in [0.15, 0.2) is 11.6 Å². The molecule has 3 amide bonds. The third-order valence-corrected chi connectivity index (χ3v) is 3.98. The van der Waals surface area contributed by atoms with Crippen LogP contribution in [0.3, 0.4) is 0 Å². The van der Waals surface area contributed by atoms with Crippen LogP contribution in [0.4, 0.5) is 14.9 Å². The quantitative estimate of drug-likeness (QED) is 0.663. The maximum Gasteiger partial charge on any atom is 0.326 e. The van der Waals surface area contributed by atoms with Gasteiger partial charge in [-0.1, -0.05) is 12.1 Å². The second kappa shape index (κ2) is 7.74. The number of halogens is 1. The molecule has 0 unspecified atom stereocenters. The minimum absolute atomic E-state index is 0.0745. The molecule has 3 rings (SSSR count). The SMILES string of the molecule is O=C(COC(=O)Cc1cn2ccsc2n1)NC(=O)Nc1ccccc1F. The molecule has 3 aromatic rings. The Morgan fingerprint density at radius 3 is 2.85 bits per heavy atom. The maximum atomic E-state index is 13.4. The van der Waals surface area contributed by atoms with E-state index < -0.39 is 30.3 Å². The number of carbonyl (C=O) groups is 3. The zero-order valence-electron chi connectivity index (χ0n) is 13.3. The van der Waals surface area contributed by atoms with Crippen molar-refractivity contribution in [2.45, 2.75) is 6.42 Å². The number of aromatic nitrogens is 2. The number of imidazole rings is 1. The second-order valence-corrected chi connectivity index (χ2v) is 6.02. The molecular weight excluding hydrogens is 363 g/mol. The van der Waals surface area contributed by atoms with E-state index >= 15 is 0 Å². The molecule has 2 aromatic heterocycles. The molecule has 0 fully saturated rings. The molecule has 0 bridgehead atoms. The molecule has 0 spiro atoms. The number of imide groups is 1. The zero-order chi connectivity index (χ0) is 18.5. The summed E-state index contributed by atoms with van der Waals surface area (Å²) in [7, 11) is 0. The third kappa shape index (κ3) is 4.42. The highest BCUT2D eigenvalue weighted by molar-refractivity contribution is 7.15. The van der Waals surface area contributed by atoms with E-state index in [-0.39, 0.29) is 12.1 Å². The Balaban J connectivity index is 1.43. The zero-order valence-corrected chi connectivity index (χ0v) is 14.1. The Kier molecular flexibility index (Phi) is 5.23. The molecule has 0 aliphatic heterocycles. The van der Waals surface area contributed by atoms with Gasteiger partial charge in [0.2, 0.25) is 0 Å². The number of hydrogen-bond donors (Lipinski definition) is 2. The molecule has 0 aliphatic carbocycles. The standard InChI is InChI=1S/C16H13FN4O4S/c17-11-3-1-2-4-12(11)19-15(24)20-13(22)9-25-14(23)7-10-8-21-5-6-26-16(21)18-10/h1-6,8H,7,9H2,(H2,19,20,22,24). The number of hydrogen-bond acceptors (Lipinski definition) is 6. The molecule has 0 aliphatic rings. The second-order valence-electron chi connectivity index (χ2n) is 5.14. The van der Waals surface area contributed by atoms with Crippen molar-refractivity contribution in [3.8, 4) is 0 Å². The van der Waals surface area contributed by atoms with Crippen LogP contribution in [0.25, 0.3) is 4.96 Å². The van der Waals surface area contributed by atoms with E-state index in [0.29, 0.717) is 5.69 Å². The largest absolute Gasteiger partial charge is 0.455 e. The van der Waals surface area contributed by atoms with Gasteiger partial charge in [0.05, 0.1) is 17.8 Å². The molecule has 10 heteroatoms. The van der Waals surface area contributed by atoms with Gasteiger partial charge in [0.1, 0.15) is 5.82 Å². The van der Waals surface area contributed by atoms with E-state index in [9.17, 15) is 18.8 Å². The number of ether oxygens (including phenoxy) is 1. The van der Waals surface area contributed by atoms with Gasteiger partial charge in [-0.05, 0) is 12.1 Å². The summed E-state index contributed by atoms with van der Waals surface area (Å²) in [6.07, 6.45) is 3.40. The molecule has 2 N–H and O–H groups in total. The fraction of sp³-hybridized carbons (Fsp3) is 0.125. The van der Waals surface area contributed by atoms with E-state index in [2.05, 4.69) is 10.3 Å². The van der Waals surface area contributed by atoms with Gasteiger partial charge in [-0.25, -0.2) is 14.2 Å². The van der Waals surface area contributed by atoms with Crippen LogP contribution in [0, 0.1) is 5.82 Å². The minimum atomic E-state index is -0.925. The number of anilines is 1. The Morgan fingerprint density at radius 2 is 2.08 bits per heavy atom. The van der Waals surface area contributed by atoms with Crippen molar-refractivity contribution in [2.24, 2.45) is 0 Å². The molecule has 26 heavy (non-hydrogen) atoms. The number of nitrogens with one attached hydrogen (secondary N) is 2. The van der Waals surface area contributed by atoms with Gasteiger partial charge in [0.25, 0.3) is 5.91 Å². The molecule has 1 aromatic carbocycles. The van der Waals surface area contributed by atoms with Crippen LogP contribution in [0.2, 0.25) is 0 Å². The van der Waals surface area contributed by atoms with E-state index in [1.165, 1.54) is 35.6 Å². The first-order chi connectivity index (χ1) is 12.5.